The van der Waals surface area contributed by atoms with Gasteiger partial charge in [0.05, 0.1) is 0 Å². The number of aliphatic carboxylic acids is 1. The van der Waals surface area contributed by atoms with Crippen LogP contribution in [0.3, 0.4) is 0 Å². The maximum Gasteiger partial charge on any atom is 0.315 e. The second-order valence-corrected chi connectivity index (χ2v) is 4.34. The molecule has 0 saturated heterocycles. The number of fused-ring (bicyclic) bond motifs is 1. The van der Waals surface area contributed by atoms with Gasteiger partial charge < -0.3 is 10.1 Å². The SMILES string of the molecule is CC(C)(C(=O)O)c1cc2ccc(F)cc2[nH]1. The molecule has 0 unspecified atom stereocenters. The summed E-state index contributed by atoms with van der Waals surface area (Å²) < 4.78 is 13.0. The fraction of sp³-hybridized carbons (Fsp3) is 0.250. The normalized spacial score (nSPS) is 11.9. The summed E-state index contributed by atoms with van der Waals surface area (Å²) in [4.78, 5) is 14.0. The van der Waals surface area contributed by atoms with Gasteiger partial charge in [0, 0.05) is 11.2 Å². The topological polar surface area (TPSA) is 53.1 Å². The summed E-state index contributed by atoms with van der Waals surface area (Å²) in [6.45, 7) is 3.22. The number of H-pyrrole nitrogens is 1. The third kappa shape index (κ3) is 1.56. The maximum absolute atomic E-state index is 13.0. The fourth-order valence-electron chi connectivity index (χ4n) is 1.55. The van der Waals surface area contributed by atoms with Crippen LogP contribution < -0.4 is 0 Å². The third-order valence-electron chi connectivity index (χ3n) is 2.79. The van der Waals surface area contributed by atoms with E-state index in [0.717, 1.165) is 5.39 Å². The lowest BCUT2D eigenvalue weighted by molar-refractivity contribution is -0.142. The molecule has 0 fully saturated rings. The summed E-state index contributed by atoms with van der Waals surface area (Å²) in [5, 5.41) is 9.89. The van der Waals surface area contributed by atoms with Crippen LogP contribution in [-0.2, 0) is 10.2 Å². The monoisotopic (exact) mass is 221 g/mol. The Morgan fingerprint density at radius 2 is 2.06 bits per heavy atom. The lowest BCUT2D eigenvalue weighted by Gasteiger charge is -2.16. The van der Waals surface area contributed by atoms with Gasteiger partial charge in [-0.2, -0.15) is 0 Å². The van der Waals surface area contributed by atoms with Crippen molar-refractivity contribution < 1.29 is 14.3 Å². The van der Waals surface area contributed by atoms with E-state index in [1.807, 2.05) is 0 Å². The molecule has 0 bridgehead atoms. The number of halogens is 1. The minimum absolute atomic E-state index is 0.339. The first kappa shape index (κ1) is 10.7. The minimum atomic E-state index is -1.00. The molecule has 2 rings (SSSR count). The zero-order valence-corrected chi connectivity index (χ0v) is 9.04. The summed E-state index contributed by atoms with van der Waals surface area (Å²) >= 11 is 0. The Kier molecular flexibility index (Phi) is 2.22. The van der Waals surface area contributed by atoms with Gasteiger partial charge >= 0.3 is 5.97 Å². The number of carboxylic acids is 1. The van der Waals surface area contributed by atoms with Gasteiger partial charge in [-0.1, -0.05) is 0 Å². The first-order valence-corrected chi connectivity index (χ1v) is 4.93. The molecule has 2 N–H and O–H groups in total. The van der Waals surface area contributed by atoms with E-state index in [9.17, 15) is 9.18 Å². The fourth-order valence-corrected chi connectivity index (χ4v) is 1.55. The van der Waals surface area contributed by atoms with Crippen LogP contribution in [0.4, 0.5) is 4.39 Å². The lowest BCUT2D eigenvalue weighted by Crippen LogP contribution is -2.28. The number of aromatic amines is 1. The molecular formula is C12H12FNO2. The zero-order chi connectivity index (χ0) is 11.9. The highest BCUT2D eigenvalue weighted by Gasteiger charge is 2.31. The van der Waals surface area contributed by atoms with E-state index in [0.29, 0.717) is 11.2 Å². The molecule has 0 radical (unpaired) electrons. The average molecular weight is 221 g/mol. The minimum Gasteiger partial charge on any atom is -0.481 e. The highest BCUT2D eigenvalue weighted by molar-refractivity contribution is 5.85. The Bertz CT molecular complexity index is 557. The predicted molar refractivity (Wildman–Crippen MR) is 58.9 cm³/mol. The number of hydrogen-bond acceptors (Lipinski definition) is 1. The summed E-state index contributed by atoms with van der Waals surface area (Å²) in [7, 11) is 0. The number of rotatable bonds is 2. The van der Waals surface area contributed by atoms with E-state index < -0.39 is 11.4 Å². The van der Waals surface area contributed by atoms with E-state index in [2.05, 4.69) is 4.98 Å². The van der Waals surface area contributed by atoms with Crippen LogP contribution >= 0.6 is 0 Å². The third-order valence-corrected chi connectivity index (χ3v) is 2.79. The molecule has 0 aliphatic carbocycles. The standard InChI is InChI=1S/C12H12FNO2/c1-12(2,11(15)16)10-5-7-3-4-8(13)6-9(7)14-10/h3-6,14H,1-2H3,(H,15,16). The van der Waals surface area contributed by atoms with E-state index in [-0.39, 0.29) is 5.82 Å². The van der Waals surface area contributed by atoms with E-state index in [1.165, 1.54) is 12.1 Å². The van der Waals surface area contributed by atoms with Gasteiger partial charge in [0.25, 0.3) is 0 Å². The van der Waals surface area contributed by atoms with Crippen molar-refractivity contribution in [3.8, 4) is 0 Å². The van der Waals surface area contributed by atoms with Gasteiger partial charge in [-0.25, -0.2) is 4.39 Å². The van der Waals surface area contributed by atoms with Crippen molar-refractivity contribution in [3.05, 3.63) is 35.8 Å². The first-order valence-electron chi connectivity index (χ1n) is 4.93. The van der Waals surface area contributed by atoms with Crippen LogP contribution in [0.1, 0.15) is 19.5 Å². The van der Waals surface area contributed by atoms with Crippen LogP contribution in [0.5, 0.6) is 0 Å². The average Bonchev–Trinajstić information content (AvgIpc) is 2.60. The number of nitrogens with one attached hydrogen (secondary N) is 1. The number of carboxylic acid groups (broad SMARTS) is 1. The summed E-state index contributed by atoms with van der Waals surface area (Å²) in [6, 6.07) is 6.08. The van der Waals surface area contributed by atoms with Crippen LogP contribution in [-0.4, -0.2) is 16.1 Å². The molecule has 4 heteroatoms. The van der Waals surface area contributed by atoms with Crippen molar-refractivity contribution >= 4 is 16.9 Å². The van der Waals surface area contributed by atoms with Gasteiger partial charge in [0.1, 0.15) is 11.2 Å². The molecule has 0 aliphatic rings. The molecule has 3 nitrogen and oxygen atoms in total. The molecular weight excluding hydrogens is 209 g/mol. The molecule has 2 aromatic rings. The van der Waals surface area contributed by atoms with Crippen LogP contribution in [0.2, 0.25) is 0 Å². The zero-order valence-electron chi connectivity index (χ0n) is 9.04. The largest absolute Gasteiger partial charge is 0.481 e. The van der Waals surface area contributed by atoms with Gasteiger partial charge in [0.15, 0.2) is 0 Å². The van der Waals surface area contributed by atoms with Gasteiger partial charge in [-0.05, 0) is 43.5 Å². The molecule has 1 aromatic carbocycles. The van der Waals surface area contributed by atoms with Gasteiger partial charge in [-0.15, -0.1) is 0 Å². The molecule has 1 aromatic heterocycles. The van der Waals surface area contributed by atoms with Crippen LogP contribution in [0.15, 0.2) is 24.3 Å². The van der Waals surface area contributed by atoms with Crippen molar-refractivity contribution in [2.45, 2.75) is 19.3 Å². The number of benzene rings is 1. The summed E-state index contributed by atoms with van der Waals surface area (Å²) in [5.41, 5.74) is 0.181. The highest BCUT2D eigenvalue weighted by atomic mass is 19.1. The number of hydrogen-bond donors (Lipinski definition) is 2. The molecule has 0 saturated carbocycles. The Hall–Kier alpha value is -1.84. The summed E-state index contributed by atoms with van der Waals surface area (Å²) in [5.74, 6) is -1.26. The Balaban J connectivity index is 2.59. The summed E-state index contributed by atoms with van der Waals surface area (Å²) in [6.07, 6.45) is 0. The smallest absolute Gasteiger partial charge is 0.315 e. The molecule has 0 atom stereocenters. The predicted octanol–water partition coefficient (Wildman–Crippen LogP) is 2.67. The Labute approximate surface area is 91.9 Å². The van der Waals surface area contributed by atoms with Gasteiger partial charge in [0.2, 0.25) is 0 Å². The highest BCUT2D eigenvalue weighted by Crippen LogP contribution is 2.26. The van der Waals surface area contributed by atoms with Crippen molar-refractivity contribution in [3.63, 3.8) is 0 Å². The second-order valence-electron chi connectivity index (χ2n) is 4.34. The first-order chi connectivity index (χ1) is 7.41. The lowest BCUT2D eigenvalue weighted by atomic mass is 9.90. The van der Waals surface area contributed by atoms with E-state index >= 15 is 0 Å². The number of aromatic nitrogens is 1. The second kappa shape index (κ2) is 3.33. The van der Waals surface area contributed by atoms with Gasteiger partial charge in [-0.3, -0.25) is 4.79 Å². The molecule has 0 aliphatic heterocycles. The Morgan fingerprint density at radius 3 is 2.69 bits per heavy atom. The number of carbonyl (C=O) groups is 1. The maximum atomic E-state index is 13.0. The van der Waals surface area contributed by atoms with Crippen LogP contribution in [0, 0.1) is 5.82 Å². The van der Waals surface area contributed by atoms with E-state index in [1.54, 1.807) is 26.0 Å². The van der Waals surface area contributed by atoms with Crippen molar-refractivity contribution in [2.75, 3.05) is 0 Å². The molecule has 0 spiro atoms. The molecule has 0 amide bonds. The molecule has 16 heavy (non-hydrogen) atoms. The van der Waals surface area contributed by atoms with Crippen LogP contribution in [0.25, 0.3) is 10.9 Å². The van der Waals surface area contributed by atoms with Crippen molar-refractivity contribution in [1.82, 2.24) is 4.98 Å². The Morgan fingerprint density at radius 1 is 1.38 bits per heavy atom. The molecule has 1 heterocycles. The van der Waals surface area contributed by atoms with Crippen molar-refractivity contribution in [1.29, 1.82) is 0 Å². The van der Waals surface area contributed by atoms with E-state index in [4.69, 9.17) is 5.11 Å². The van der Waals surface area contributed by atoms with Crippen molar-refractivity contribution in [2.24, 2.45) is 0 Å². The molecule has 84 valence electrons. The quantitative estimate of drug-likeness (QED) is 0.819.